The zero-order valence-corrected chi connectivity index (χ0v) is 11.1. The summed E-state index contributed by atoms with van der Waals surface area (Å²) in [6.07, 6.45) is 0.181. The number of carbonyl (C=O) groups is 2. The van der Waals surface area contributed by atoms with Gasteiger partial charge in [0.25, 0.3) is 0 Å². The molecule has 1 aromatic heterocycles. The number of hydrogen-bond donors (Lipinski definition) is 1. The number of benzene rings is 1. The second kappa shape index (κ2) is 4.35. The van der Waals surface area contributed by atoms with Crippen LogP contribution in [-0.2, 0) is 11.2 Å². The van der Waals surface area contributed by atoms with Gasteiger partial charge < -0.3 is 9.84 Å². The minimum atomic E-state index is -1.13. The number of rotatable bonds is 2. The zero-order valence-electron chi connectivity index (χ0n) is 10.4. The third-order valence-electron chi connectivity index (χ3n) is 3.09. The highest BCUT2D eigenvalue weighted by Gasteiger charge is 2.29. The van der Waals surface area contributed by atoms with E-state index < -0.39 is 5.97 Å². The van der Waals surface area contributed by atoms with Gasteiger partial charge in [-0.3, -0.25) is 4.79 Å². The lowest BCUT2D eigenvalue weighted by Gasteiger charge is -2.07. The molecule has 0 saturated carbocycles. The smallest absolute Gasteiger partial charge is 0.337 e. The molecule has 0 amide bonds. The number of carboxylic acids is 1. The van der Waals surface area contributed by atoms with Crippen molar-refractivity contribution < 1.29 is 19.4 Å². The molecule has 20 heavy (non-hydrogen) atoms. The molecule has 2 aromatic rings. The SMILES string of the molecule is Cc1nn(-c2ccc(Cl)c(C(=O)O)c2)c2c1CC(=O)O2. The van der Waals surface area contributed by atoms with E-state index in [1.165, 1.54) is 16.8 Å². The molecule has 0 spiro atoms. The number of carboxylic acid groups (broad SMARTS) is 1. The summed E-state index contributed by atoms with van der Waals surface area (Å²) in [6, 6.07) is 4.48. The summed E-state index contributed by atoms with van der Waals surface area (Å²) in [5.41, 5.74) is 1.85. The highest BCUT2D eigenvalue weighted by atomic mass is 35.5. The first kappa shape index (κ1) is 12.7. The Morgan fingerprint density at radius 2 is 2.25 bits per heavy atom. The molecule has 0 radical (unpaired) electrons. The van der Waals surface area contributed by atoms with Gasteiger partial charge in [0.1, 0.15) is 0 Å². The fourth-order valence-electron chi connectivity index (χ4n) is 2.12. The number of aromatic carboxylic acids is 1. The van der Waals surface area contributed by atoms with Gasteiger partial charge >= 0.3 is 11.9 Å². The number of fused-ring (bicyclic) bond motifs is 1. The fraction of sp³-hybridized carbons (Fsp3) is 0.154. The van der Waals surface area contributed by atoms with Crippen molar-refractivity contribution in [2.45, 2.75) is 13.3 Å². The van der Waals surface area contributed by atoms with Crippen molar-refractivity contribution in [2.75, 3.05) is 0 Å². The Kier molecular flexibility index (Phi) is 2.76. The third-order valence-corrected chi connectivity index (χ3v) is 3.42. The Hall–Kier alpha value is -2.34. The molecule has 0 saturated heterocycles. The summed E-state index contributed by atoms with van der Waals surface area (Å²) < 4.78 is 6.54. The van der Waals surface area contributed by atoms with Crippen LogP contribution < -0.4 is 4.74 Å². The van der Waals surface area contributed by atoms with E-state index in [1.54, 1.807) is 13.0 Å². The Labute approximate surface area is 118 Å². The van der Waals surface area contributed by atoms with Crippen LogP contribution >= 0.6 is 11.6 Å². The fourth-order valence-corrected chi connectivity index (χ4v) is 2.32. The van der Waals surface area contributed by atoms with Crippen molar-refractivity contribution in [1.29, 1.82) is 0 Å². The molecule has 1 aromatic carbocycles. The van der Waals surface area contributed by atoms with Crippen LogP contribution in [0.5, 0.6) is 5.88 Å². The summed E-state index contributed by atoms with van der Waals surface area (Å²) >= 11 is 5.83. The molecule has 0 aliphatic carbocycles. The van der Waals surface area contributed by atoms with Gasteiger partial charge in [-0.25, -0.2) is 9.48 Å². The van der Waals surface area contributed by atoms with E-state index in [9.17, 15) is 9.59 Å². The first-order chi connectivity index (χ1) is 9.47. The Balaban J connectivity index is 2.16. The van der Waals surface area contributed by atoms with E-state index in [-0.39, 0.29) is 23.0 Å². The molecule has 1 aliphatic rings. The van der Waals surface area contributed by atoms with Gasteiger partial charge in [-0.1, -0.05) is 11.6 Å². The van der Waals surface area contributed by atoms with Crippen LogP contribution in [0, 0.1) is 6.92 Å². The predicted octanol–water partition coefficient (Wildman–Crippen LogP) is 1.99. The molecule has 6 nitrogen and oxygen atoms in total. The number of esters is 1. The monoisotopic (exact) mass is 292 g/mol. The molecule has 2 heterocycles. The maximum atomic E-state index is 11.3. The lowest BCUT2D eigenvalue weighted by molar-refractivity contribution is -0.132. The minimum absolute atomic E-state index is 0.0320. The molecular formula is C13H9ClN2O4. The van der Waals surface area contributed by atoms with Crippen LogP contribution in [0.1, 0.15) is 21.6 Å². The molecule has 0 bridgehead atoms. The van der Waals surface area contributed by atoms with Gasteiger partial charge in [0, 0.05) is 5.56 Å². The molecule has 0 unspecified atom stereocenters. The second-order valence-corrected chi connectivity index (χ2v) is 4.81. The summed E-state index contributed by atoms with van der Waals surface area (Å²) in [6.45, 7) is 1.77. The number of halogens is 1. The quantitative estimate of drug-likeness (QED) is 0.856. The van der Waals surface area contributed by atoms with E-state index >= 15 is 0 Å². The lowest BCUT2D eigenvalue weighted by Crippen LogP contribution is -2.08. The Morgan fingerprint density at radius 1 is 1.50 bits per heavy atom. The van der Waals surface area contributed by atoms with Crippen molar-refractivity contribution in [3.63, 3.8) is 0 Å². The highest BCUT2D eigenvalue weighted by molar-refractivity contribution is 6.33. The average Bonchev–Trinajstić information content (AvgIpc) is 2.90. The van der Waals surface area contributed by atoms with Crippen molar-refractivity contribution >= 4 is 23.5 Å². The topological polar surface area (TPSA) is 81.4 Å². The van der Waals surface area contributed by atoms with Gasteiger partial charge in [-0.2, -0.15) is 5.10 Å². The normalized spacial score (nSPS) is 13.2. The number of aryl methyl sites for hydroxylation is 1. The van der Waals surface area contributed by atoms with Crippen molar-refractivity contribution in [1.82, 2.24) is 9.78 Å². The Morgan fingerprint density at radius 3 is 2.95 bits per heavy atom. The molecule has 0 fully saturated rings. The number of nitrogens with zero attached hydrogens (tertiary/aromatic N) is 2. The molecular weight excluding hydrogens is 284 g/mol. The zero-order chi connectivity index (χ0) is 14.4. The first-order valence-corrected chi connectivity index (χ1v) is 6.17. The second-order valence-electron chi connectivity index (χ2n) is 4.40. The maximum absolute atomic E-state index is 11.3. The first-order valence-electron chi connectivity index (χ1n) is 5.80. The van der Waals surface area contributed by atoms with Crippen LogP contribution in [-0.4, -0.2) is 26.8 Å². The van der Waals surface area contributed by atoms with Gasteiger partial charge in [0.15, 0.2) is 0 Å². The van der Waals surface area contributed by atoms with E-state index in [0.29, 0.717) is 17.3 Å². The van der Waals surface area contributed by atoms with Crippen LogP contribution in [0.4, 0.5) is 0 Å². The van der Waals surface area contributed by atoms with E-state index in [1.807, 2.05) is 0 Å². The number of ether oxygens (including phenoxy) is 1. The van der Waals surface area contributed by atoms with Crippen LogP contribution in [0.2, 0.25) is 5.02 Å². The molecule has 7 heteroatoms. The summed E-state index contributed by atoms with van der Waals surface area (Å²) in [4.78, 5) is 22.4. The molecule has 1 aliphatic heterocycles. The largest absolute Gasteiger partial charge is 0.478 e. The number of aromatic nitrogens is 2. The van der Waals surface area contributed by atoms with Crippen molar-refractivity contribution in [3.05, 3.63) is 40.0 Å². The van der Waals surface area contributed by atoms with E-state index in [2.05, 4.69) is 5.10 Å². The molecule has 1 N–H and O–H groups in total. The number of carbonyl (C=O) groups excluding carboxylic acids is 1. The summed E-state index contributed by atoms with van der Waals surface area (Å²) in [7, 11) is 0. The Bertz CT molecular complexity index is 751. The van der Waals surface area contributed by atoms with Crippen molar-refractivity contribution in [3.8, 4) is 11.6 Å². The average molecular weight is 293 g/mol. The van der Waals surface area contributed by atoms with Crippen LogP contribution in [0.3, 0.4) is 0 Å². The molecule has 102 valence electrons. The van der Waals surface area contributed by atoms with Crippen molar-refractivity contribution in [2.24, 2.45) is 0 Å². The molecule has 0 atom stereocenters. The standard InChI is InChI=1S/C13H9ClN2O4/c1-6-8-5-11(17)20-12(8)16(15-6)7-2-3-10(14)9(4-7)13(18)19/h2-4H,5H2,1H3,(H,18,19). The van der Waals surface area contributed by atoms with Gasteiger partial charge in [-0.05, 0) is 25.1 Å². The minimum Gasteiger partial charge on any atom is -0.478 e. The lowest BCUT2D eigenvalue weighted by atomic mass is 10.2. The van der Waals surface area contributed by atoms with Gasteiger partial charge in [-0.15, -0.1) is 0 Å². The van der Waals surface area contributed by atoms with E-state index in [4.69, 9.17) is 21.4 Å². The van der Waals surface area contributed by atoms with Gasteiger partial charge in [0.05, 0.1) is 28.4 Å². The number of hydrogen-bond acceptors (Lipinski definition) is 4. The maximum Gasteiger partial charge on any atom is 0.337 e. The predicted molar refractivity (Wildman–Crippen MR) is 69.6 cm³/mol. The summed E-state index contributed by atoms with van der Waals surface area (Å²) in [5.74, 6) is -1.14. The third kappa shape index (κ3) is 1.85. The summed E-state index contributed by atoms with van der Waals surface area (Å²) in [5, 5.41) is 13.5. The van der Waals surface area contributed by atoms with Crippen LogP contribution in [0.15, 0.2) is 18.2 Å². The molecule has 3 rings (SSSR count). The van der Waals surface area contributed by atoms with Crippen LogP contribution in [0.25, 0.3) is 5.69 Å². The highest BCUT2D eigenvalue weighted by Crippen LogP contribution is 2.32. The van der Waals surface area contributed by atoms with Gasteiger partial charge in [0.2, 0.25) is 5.88 Å². The van der Waals surface area contributed by atoms with E-state index in [0.717, 1.165) is 5.56 Å².